The maximum Gasteiger partial charge on any atom is 0.249 e. The van der Waals surface area contributed by atoms with Crippen LogP contribution in [-0.2, 0) is 4.79 Å². The zero-order valence-electron chi connectivity index (χ0n) is 11.6. The van der Waals surface area contributed by atoms with Gasteiger partial charge in [-0.1, -0.05) is 6.08 Å². The van der Waals surface area contributed by atoms with Gasteiger partial charge >= 0.3 is 0 Å². The van der Waals surface area contributed by atoms with E-state index in [4.69, 9.17) is 0 Å². The van der Waals surface area contributed by atoms with Crippen LogP contribution in [0.5, 0.6) is 0 Å². The van der Waals surface area contributed by atoms with Crippen molar-refractivity contribution in [1.29, 1.82) is 0 Å². The Morgan fingerprint density at radius 2 is 1.89 bits per heavy atom. The van der Waals surface area contributed by atoms with Crippen molar-refractivity contribution in [3.63, 3.8) is 0 Å². The van der Waals surface area contributed by atoms with Gasteiger partial charge in [0.15, 0.2) is 0 Å². The Balaban J connectivity index is 2.52. The lowest BCUT2D eigenvalue weighted by Gasteiger charge is -2.37. The molecule has 0 bridgehead atoms. The number of carbonyl (C=O) groups is 1. The third kappa shape index (κ3) is 4.11. The molecule has 1 fully saturated rings. The molecule has 18 heavy (non-hydrogen) atoms. The van der Waals surface area contributed by atoms with Gasteiger partial charge in [-0.05, 0) is 33.6 Å². The Morgan fingerprint density at radius 3 is 2.39 bits per heavy atom. The summed E-state index contributed by atoms with van der Waals surface area (Å²) in [5, 5.41) is 0. The van der Waals surface area contributed by atoms with Gasteiger partial charge in [0.1, 0.15) is 0 Å². The first-order valence-corrected chi connectivity index (χ1v) is 6.39. The van der Waals surface area contributed by atoms with Crippen molar-refractivity contribution < 1.29 is 4.79 Å². The Labute approximate surface area is 110 Å². The molecule has 0 unspecified atom stereocenters. The molecule has 1 aliphatic heterocycles. The molecule has 0 aliphatic carbocycles. The first-order chi connectivity index (χ1) is 8.56. The van der Waals surface area contributed by atoms with Gasteiger partial charge in [-0.2, -0.15) is 0 Å². The van der Waals surface area contributed by atoms with Crippen LogP contribution in [0.15, 0.2) is 28.9 Å². The van der Waals surface area contributed by atoms with Gasteiger partial charge in [-0.15, -0.1) is 0 Å². The molecule has 0 atom stereocenters. The maximum absolute atomic E-state index is 12.1. The van der Waals surface area contributed by atoms with Crippen molar-refractivity contribution in [2.24, 2.45) is 4.99 Å². The number of rotatable bonds is 4. The molecule has 100 valence electrons. The van der Waals surface area contributed by atoms with E-state index in [1.54, 1.807) is 18.4 Å². The van der Waals surface area contributed by atoms with Crippen LogP contribution in [0, 0.1) is 0 Å². The molecule has 4 heteroatoms. The molecule has 0 aromatic rings. The SMILES string of the molecule is C=N/C=C\C=C(/C)C(=O)N1CCN(C(C)C)CC1. The van der Waals surface area contributed by atoms with Gasteiger partial charge in [-0.3, -0.25) is 14.7 Å². The second kappa shape index (κ2) is 7.11. The van der Waals surface area contributed by atoms with E-state index in [1.165, 1.54) is 0 Å². The number of carbonyl (C=O) groups excluding carboxylic acids is 1. The number of hydrogen-bond acceptors (Lipinski definition) is 3. The zero-order chi connectivity index (χ0) is 13.5. The Morgan fingerprint density at radius 1 is 1.28 bits per heavy atom. The van der Waals surface area contributed by atoms with Crippen molar-refractivity contribution in [2.75, 3.05) is 26.2 Å². The summed E-state index contributed by atoms with van der Waals surface area (Å²) in [6, 6.07) is 0.556. The lowest BCUT2D eigenvalue weighted by atomic mass is 10.2. The van der Waals surface area contributed by atoms with E-state index in [9.17, 15) is 4.79 Å². The summed E-state index contributed by atoms with van der Waals surface area (Å²) in [5.74, 6) is 0.118. The quantitative estimate of drug-likeness (QED) is 0.432. The van der Waals surface area contributed by atoms with E-state index in [-0.39, 0.29) is 5.91 Å². The standard InChI is InChI=1S/C14H23N3O/c1-12(2)16-8-10-17(11-9-16)14(18)13(3)6-5-7-15-4/h5-7,12H,4,8-11H2,1-3H3/b7-5-,13-6+. The monoisotopic (exact) mass is 249 g/mol. The molecule has 1 rings (SSSR count). The second-order valence-corrected chi connectivity index (χ2v) is 4.80. The summed E-state index contributed by atoms with van der Waals surface area (Å²) >= 11 is 0. The molecular formula is C14H23N3O. The summed E-state index contributed by atoms with van der Waals surface area (Å²) < 4.78 is 0. The summed E-state index contributed by atoms with van der Waals surface area (Å²) in [4.78, 5) is 20.0. The molecule has 1 aliphatic rings. The molecule has 0 saturated carbocycles. The van der Waals surface area contributed by atoms with Crippen LogP contribution in [0.2, 0.25) is 0 Å². The van der Waals surface area contributed by atoms with Crippen LogP contribution in [0.25, 0.3) is 0 Å². The van der Waals surface area contributed by atoms with Crippen LogP contribution in [0.3, 0.4) is 0 Å². The van der Waals surface area contributed by atoms with Crippen LogP contribution in [0.1, 0.15) is 20.8 Å². The average molecular weight is 249 g/mol. The fourth-order valence-electron chi connectivity index (χ4n) is 2.01. The predicted octanol–water partition coefficient (Wildman–Crippen LogP) is 1.70. The van der Waals surface area contributed by atoms with Gasteiger partial charge in [0.25, 0.3) is 0 Å². The maximum atomic E-state index is 12.1. The van der Waals surface area contributed by atoms with Crippen molar-refractivity contribution >= 4 is 12.6 Å². The normalized spacial score (nSPS) is 18.7. The fraction of sp³-hybridized carbons (Fsp3) is 0.571. The number of allylic oxidation sites excluding steroid dienone is 2. The summed E-state index contributed by atoms with van der Waals surface area (Å²) in [5.41, 5.74) is 0.743. The third-order valence-corrected chi connectivity index (χ3v) is 3.21. The number of hydrogen-bond donors (Lipinski definition) is 0. The first kappa shape index (κ1) is 14.6. The zero-order valence-corrected chi connectivity index (χ0v) is 11.6. The average Bonchev–Trinajstić information content (AvgIpc) is 2.38. The van der Waals surface area contributed by atoms with Gasteiger partial charge in [-0.25, -0.2) is 0 Å². The summed E-state index contributed by atoms with van der Waals surface area (Å²) in [6.45, 7) is 13.1. The Bertz CT molecular complexity index is 350. The molecule has 0 spiro atoms. The van der Waals surface area contributed by atoms with Gasteiger partial charge in [0.05, 0.1) is 0 Å². The predicted molar refractivity (Wildman–Crippen MR) is 75.7 cm³/mol. The topological polar surface area (TPSA) is 35.9 Å². The van der Waals surface area contributed by atoms with E-state index in [0.717, 1.165) is 31.8 Å². The van der Waals surface area contributed by atoms with E-state index in [0.29, 0.717) is 6.04 Å². The number of aliphatic imine (C=N–C) groups is 1. The van der Waals surface area contributed by atoms with Gasteiger partial charge in [0.2, 0.25) is 5.91 Å². The van der Waals surface area contributed by atoms with Crippen molar-refractivity contribution in [1.82, 2.24) is 9.80 Å². The molecule has 0 N–H and O–H groups in total. The molecule has 0 radical (unpaired) electrons. The third-order valence-electron chi connectivity index (χ3n) is 3.21. The second-order valence-electron chi connectivity index (χ2n) is 4.80. The molecular weight excluding hydrogens is 226 g/mol. The molecule has 0 aromatic heterocycles. The summed E-state index contributed by atoms with van der Waals surface area (Å²) in [6.07, 6.45) is 5.10. The van der Waals surface area contributed by atoms with Crippen LogP contribution >= 0.6 is 0 Å². The lowest BCUT2D eigenvalue weighted by Crippen LogP contribution is -2.50. The Kier molecular flexibility index (Phi) is 5.78. The van der Waals surface area contributed by atoms with Crippen molar-refractivity contribution in [3.8, 4) is 0 Å². The number of nitrogens with zero attached hydrogens (tertiary/aromatic N) is 3. The highest BCUT2D eigenvalue weighted by Crippen LogP contribution is 2.09. The van der Waals surface area contributed by atoms with Crippen LogP contribution in [0.4, 0.5) is 0 Å². The Hall–Kier alpha value is -1.42. The highest BCUT2D eigenvalue weighted by molar-refractivity contribution is 5.93. The van der Waals surface area contributed by atoms with Gasteiger partial charge < -0.3 is 4.90 Å². The lowest BCUT2D eigenvalue weighted by molar-refractivity contribution is -0.129. The molecule has 1 heterocycles. The number of piperazine rings is 1. The van der Waals surface area contributed by atoms with E-state index in [2.05, 4.69) is 30.5 Å². The van der Waals surface area contributed by atoms with Gasteiger partial charge in [0, 0.05) is 44.0 Å². The van der Waals surface area contributed by atoms with E-state index in [1.807, 2.05) is 11.8 Å². The molecule has 4 nitrogen and oxygen atoms in total. The van der Waals surface area contributed by atoms with Crippen LogP contribution in [-0.4, -0.2) is 54.6 Å². The first-order valence-electron chi connectivity index (χ1n) is 6.39. The van der Waals surface area contributed by atoms with E-state index >= 15 is 0 Å². The minimum atomic E-state index is 0.118. The minimum absolute atomic E-state index is 0.118. The molecule has 1 amide bonds. The number of amides is 1. The van der Waals surface area contributed by atoms with Crippen LogP contribution < -0.4 is 0 Å². The minimum Gasteiger partial charge on any atom is -0.336 e. The van der Waals surface area contributed by atoms with Crippen molar-refractivity contribution in [3.05, 3.63) is 23.9 Å². The van der Waals surface area contributed by atoms with Crippen molar-refractivity contribution in [2.45, 2.75) is 26.8 Å². The fourth-order valence-corrected chi connectivity index (χ4v) is 2.01. The highest BCUT2D eigenvalue weighted by atomic mass is 16.2. The molecule has 0 aromatic carbocycles. The highest BCUT2D eigenvalue weighted by Gasteiger charge is 2.22. The van der Waals surface area contributed by atoms with E-state index < -0.39 is 0 Å². The summed E-state index contributed by atoms with van der Waals surface area (Å²) in [7, 11) is 0. The smallest absolute Gasteiger partial charge is 0.249 e. The molecule has 1 saturated heterocycles. The largest absolute Gasteiger partial charge is 0.336 e.